The Morgan fingerprint density at radius 2 is 1.94 bits per heavy atom. The Kier molecular flexibility index (Phi) is 4.82. The van der Waals surface area contributed by atoms with E-state index in [0.29, 0.717) is 6.54 Å². The lowest BCUT2D eigenvalue weighted by atomic mass is 9.77. The molecule has 0 aromatic heterocycles. The van der Waals surface area contributed by atoms with Gasteiger partial charge < -0.3 is 19.1 Å². The van der Waals surface area contributed by atoms with Crippen molar-refractivity contribution in [1.82, 2.24) is 4.90 Å². The van der Waals surface area contributed by atoms with Gasteiger partial charge in [-0.15, -0.1) is 0 Å². The van der Waals surface area contributed by atoms with Crippen molar-refractivity contribution in [2.75, 3.05) is 13.7 Å². The number of nitrogens with zero attached hydrogens (tertiary/aromatic N) is 1. The number of amides is 1. The molecule has 2 fully saturated rings. The second-order valence-corrected chi connectivity index (χ2v) is 8.41. The lowest BCUT2D eigenvalue weighted by molar-refractivity contribution is -0.155. The maximum absolute atomic E-state index is 13.5. The Morgan fingerprint density at radius 3 is 2.65 bits per heavy atom. The molecule has 6 nitrogen and oxygen atoms in total. The van der Waals surface area contributed by atoms with Crippen LogP contribution in [0.1, 0.15) is 24.1 Å². The summed E-state index contributed by atoms with van der Waals surface area (Å²) in [5, 5.41) is 0. The first-order valence-corrected chi connectivity index (χ1v) is 10.5. The number of hydrogen-bond donors (Lipinski definition) is 0. The normalized spacial score (nSPS) is 29.2. The highest BCUT2D eigenvalue weighted by atomic mass is 16.6. The number of ether oxygens (including phenoxy) is 3. The number of carbonyl (C=O) groups excluding carboxylic acids is 2. The van der Waals surface area contributed by atoms with Crippen LogP contribution in [0.4, 0.5) is 0 Å². The van der Waals surface area contributed by atoms with Gasteiger partial charge in [-0.1, -0.05) is 54.6 Å². The molecule has 2 aromatic rings. The van der Waals surface area contributed by atoms with Crippen LogP contribution in [-0.2, 0) is 25.7 Å². The van der Waals surface area contributed by atoms with Crippen molar-refractivity contribution >= 4 is 11.9 Å². The molecule has 160 valence electrons. The van der Waals surface area contributed by atoms with E-state index in [9.17, 15) is 9.59 Å². The minimum atomic E-state index is -0.751. The molecule has 0 N–H and O–H groups in total. The third kappa shape index (κ3) is 3.22. The summed E-state index contributed by atoms with van der Waals surface area (Å²) in [5.74, 6) is -0.833. The van der Waals surface area contributed by atoms with E-state index in [1.165, 1.54) is 0 Å². The fraction of sp³-hybridized carbons (Fsp3) is 0.360. The molecule has 0 aliphatic carbocycles. The monoisotopic (exact) mass is 419 g/mol. The van der Waals surface area contributed by atoms with E-state index in [0.717, 1.165) is 16.9 Å². The molecular weight excluding hydrogens is 394 g/mol. The SMILES string of the molecule is COc1ccc([C@@H](C)N2C[C@]34C=C[C@@H](O3)[C@H](C(=O)OCc3ccccc3)[C@@H]4C2=O)cc1. The standard InChI is InChI=1S/C25H25NO5/c1-16(18-8-10-19(29-2)11-9-18)26-15-25-13-12-20(31-25)21(22(25)23(26)27)24(28)30-14-17-6-4-3-5-7-17/h3-13,16,20-22H,14-15H2,1-2H3/t16-,20-,21+,22-,25+/m1/s1. The molecule has 1 spiro atoms. The Bertz CT molecular complexity index is 1020. The number of fused-ring (bicyclic) bond motifs is 1. The van der Waals surface area contributed by atoms with Crippen LogP contribution in [0.25, 0.3) is 0 Å². The first-order chi connectivity index (χ1) is 15.0. The van der Waals surface area contributed by atoms with Gasteiger partial charge in [0.05, 0.1) is 31.7 Å². The van der Waals surface area contributed by atoms with E-state index in [-0.39, 0.29) is 24.5 Å². The molecule has 31 heavy (non-hydrogen) atoms. The van der Waals surface area contributed by atoms with Crippen LogP contribution in [0, 0.1) is 11.8 Å². The second kappa shape index (κ2) is 7.54. The lowest BCUT2D eigenvalue weighted by Gasteiger charge is -2.27. The highest BCUT2D eigenvalue weighted by molar-refractivity contribution is 5.91. The van der Waals surface area contributed by atoms with Gasteiger partial charge >= 0.3 is 5.97 Å². The number of carbonyl (C=O) groups is 2. The Labute approximate surface area is 181 Å². The lowest BCUT2D eigenvalue weighted by Crippen LogP contribution is -2.40. The van der Waals surface area contributed by atoms with Crippen molar-refractivity contribution in [3.05, 3.63) is 77.9 Å². The average Bonchev–Trinajstić information content (AvgIpc) is 3.46. The van der Waals surface area contributed by atoms with Gasteiger partial charge in [-0.3, -0.25) is 9.59 Å². The van der Waals surface area contributed by atoms with Gasteiger partial charge in [0.25, 0.3) is 0 Å². The summed E-state index contributed by atoms with van der Waals surface area (Å²) in [6, 6.07) is 17.1. The van der Waals surface area contributed by atoms with Crippen molar-refractivity contribution in [3.63, 3.8) is 0 Å². The van der Waals surface area contributed by atoms with Crippen LogP contribution in [0.3, 0.4) is 0 Å². The zero-order valence-electron chi connectivity index (χ0n) is 17.6. The zero-order chi connectivity index (χ0) is 21.6. The molecule has 0 saturated carbocycles. The third-order valence-electron chi connectivity index (χ3n) is 6.69. The van der Waals surface area contributed by atoms with Crippen molar-refractivity contribution in [3.8, 4) is 5.75 Å². The fourth-order valence-electron chi connectivity index (χ4n) is 5.01. The third-order valence-corrected chi connectivity index (χ3v) is 6.69. The van der Waals surface area contributed by atoms with Gasteiger partial charge in [0.2, 0.25) is 5.91 Å². The Morgan fingerprint density at radius 1 is 1.19 bits per heavy atom. The Hall–Kier alpha value is -3.12. The smallest absolute Gasteiger partial charge is 0.313 e. The van der Waals surface area contributed by atoms with Crippen LogP contribution in [-0.4, -0.2) is 42.1 Å². The summed E-state index contributed by atoms with van der Waals surface area (Å²) >= 11 is 0. The molecule has 2 aromatic carbocycles. The molecule has 3 heterocycles. The van der Waals surface area contributed by atoms with Crippen LogP contribution in [0.2, 0.25) is 0 Å². The highest BCUT2D eigenvalue weighted by Crippen LogP contribution is 2.53. The van der Waals surface area contributed by atoms with Crippen LogP contribution in [0.5, 0.6) is 5.75 Å². The first-order valence-electron chi connectivity index (χ1n) is 10.5. The second-order valence-electron chi connectivity index (χ2n) is 8.41. The van der Waals surface area contributed by atoms with E-state index in [1.807, 2.05) is 78.6 Å². The molecular formula is C25H25NO5. The largest absolute Gasteiger partial charge is 0.497 e. The molecule has 2 bridgehead atoms. The average molecular weight is 419 g/mol. The zero-order valence-corrected chi connectivity index (χ0v) is 17.6. The molecule has 3 aliphatic rings. The predicted molar refractivity (Wildman–Crippen MR) is 113 cm³/mol. The first kappa shape index (κ1) is 19.8. The van der Waals surface area contributed by atoms with E-state index in [1.54, 1.807) is 7.11 Å². The summed E-state index contributed by atoms with van der Waals surface area (Å²) in [6.07, 6.45) is 3.46. The molecule has 5 atom stereocenters. The molecule has 6 heteroatoms. The van der Waals surface area contributed by atoms with E-state index in [2.05, 4.69) is 0 Å². The summed E-state index contributed by atoms with van der Waals surface area (Å²) in [6.45, 7) is 2.61. The molecule has 1 amide bonds. The maximum Gasteiger partial charge on any atom is 0.313 e. The van der Waals surface area contributed by atoms with Gasteiger partial charge in [-0.2, -0.15) is 0 Å². The number of rotatable bonds is 6. The number of esters is 1. The van der Waals surface area contributed by atoms with Gasteiger partial charge in [0.1, 0.15) is 23.9 Å². The summed E-state index contributed by atoms with van der Waals surface area (Å²) in [7, 11) is 1.62. The number of likely N-dealkylation sites (tertiary alicyclic amines) is 1. The molecule has 2 saturated heterocycles. The minimum absolute atomic E-state index is 0.0585. The van der Waals surface area contributed by atoms with E-state index >= 15 is 0 Å². The van der Waals surface area contributed by atoms with E-state index < -0.39 is 23.5 Å². The van der Waals surface area contributed by atoms with Gasteiger partial charge in [0.15, 0.2) is 0 Å². The number of methoxy groups -OCH3 is 1. The van der Waals surface area contributed by atoms with Gasteiger partial charge in [0, 0.05) is 0 Å². The highest BCUT2D eigenvalue weighted by Gasteiger charge is 2.67. The number of hydrogen-bond acceptors (Lipinski definition) is 5. The Balaban J connectivity index is 1.34. The summed E-state index contributed by atoms with van der Waals surface area (Å²) in [4.78, 5) is 28.3. The van der Waals surface area contributed by atoms with Crippen LogP contribution < -0.4 is 4.74 Å². The molecule has 3 aliphatic heterocycles. The van der Waals surface area contributed by atoms with Crippen molar-refractivity contribution < 1.29 is 23.8 Å². The predicted octanol–water partition coefficient (Wildman–Crippen LogP) is 3.28. The molecule has 0 radical (unpaired) electrons. The van der Waals surface area contributed by atoms with Crippen molar-refractivity contribution in [2.45, 2.75) is 31.3 Å². The number of benzene rings is 2. The van der Waals surface area contributed by atoms with E-state index in [4.69, 9.17) is 14.2 Å². The van der Waals surface area contributed by atoms with Crippen molar-refractivity contribution in [2.24, 2.45) is 11.8 Å². The quantitative estimate of drug-likeness (QED) is 0.531. The van der Waals surface area contributed by atoms with Gasteiger partial charge in [-0.25, -0.2) is 0 Å². The van der Waals surface area contributed by atoms with Crippen LogP contribution in [0.15, 0.2) is 66.7 Å². The molecule has 0 unspecified atom stereocenters. The maximum atomic E-state index is 13.5. The molecule has 5 rings (SSSR count). The van der Waals surface area contributed by atoms with Crippen LogP contribution >= 0.6 is 0 Å². The summed E-state index contributed by atoms with van der Waals surface area (Å²) in [5.41, 5.74) is 1.17. The van der Waals surface area contributed by atoms with Crippen molar-refractivity contribution in [1.29, 1.82) is 0 Å². The topological polar surface area (TPSA) is 65.1 Å². The minimum Gasteiger partial charge on any atom is -0.497 e. The summed E-state index contributed by atoms with van der Waals surface area (Å²) < 4.78 is 17.0. The van der Waals surface area contributed by atoms with Gasteiger partial charge in [-0.05, 0) is 30.2 Å². The fourth-order valence-corrected chi connectivity index (χ4v) is 5.01.